The first kappa shape index (κ1) is 17.6. The minimum atomic E-state index is -2.78. The van der Waals surface area contributed by atoms with Crippen LogP contribution in [0.25, 0.3) is 0 Å². The number of halogens is 2. The molecule has 1 saturated heterocycles. The summed E-state index contributed by atoms with van der Waals surface area (Å²) in [5.41, 5.74) is 3.36. The zero-order valence-corrected chi connectivity index (χ0v) is 14.4. The Morgan fingerprint density at radius 1 is 1.08 bits per heavy atom. The molecule has 1 aliphatic rings. The summed E-state index contributed by atoms with van der Waals surface area (Å²) < 4.78 is 28.8. The number of aryl methyl sites for hydroxylation is 1. The predicted octanol–water partition coefficient (Wildman–Crippen LogP) is 3.70. The second-order valence-electron chi connectivity index (χ2n) is 6.29. The Labute approximate surface area is 147 Å². The topological polar surface area (TPSA) is 28.6 Å². The fourth-order valence-electron chi connectivity index (χ4n) is 3.15. The highest BCUT2D eigenvalue weighted by Gasteiger charge is 2.16. The lowest BCUT2D eigenvalue weighted by molar-refractivity contribution is -0.0498. The number of anilines is 1. The molecule has 0 amide bonds. The third kappa shape index (κ3) is 5.13. The first-order valence-electron chi connectivity index (χ1n) is 8.54. The first-order valence-corrected chi connectivity index (χ1v) is 8.54. The second-order valence-corrected chi connectivity index (χ2v) is 6.29. The molecule has 4 nitrogen and oxygen atoms in total. The van der Waals surface area contributed by atoms with E-state index in [1.165, 1.54) is 5.69 Å². The smallest absolute Gasteiger partial charge is 0.387 e. The van der Waals surface area contributed by atoms with E-state index in [0.29, 0.717) is 0 Å². The van der Waals surface area contributed by atoms with E-state index in [-0.39, 0.29) is 5.75 Å². The average Bonchev–Trinajstić information content (AvgIpc) is 2.82. The summed E-state index contributed by atoms with van der Waals surface area (Å²) in [4.78, 5) is 9.06. The van der Waals surface area contributed by atoms with Gasteiger partial charge in [-0.05, 0) is 43.2 Å². The Balaban J connectivity index is 1.56. The molecule has 25 heavy (non-hydrogen) atoms. The predicted molar refractivity (Wildman–Crippen MR) is 94.2 cm³/mol. The molecule has 1 fully saturated rings. The van der Waals surface area contributed by atoms with Crippen molar-refractivity contribution in [1.82, 2.24) is 9.88 Å². The van der Waals surface area contributed by atoms with E-state index in [4.69, 9.17) is 0 Å². The van der Waals surface area contributed by atoms with Gasteiger partial charge in [0.15, 0.2) is 0 Å². The number of rotatable bonds is 5. The zero-order chi connectivity index (χ0) is 17.6. The van der Waals surface area contributed by atoms with Gasteiger partial charge in [0.25, 0.3) is 0 Å². The number of nitrogens with zero attached hydrogens (tertiary/aromatic N) is 3. The van der Waals surface area contributed by atoms with Crippen LogP contribution in [0.3, 0.4) is 0 Å². The van der Waals surface area contributed by atoms with Gasteiger partial charge in [-0.15, -0.1) is 0 Å². The molecular formula is C19H23F2N3O. The Morgan fingerprint density at radius 3 is 2.60 bits per heavy atom. The first-order chi connectivity index (χ1) is 12.1. The molecular weight excluding hydrogens is 324 g/mol. The summed E-state index contributed by atoms with van der Waals surface area (Å²) in [7, 11) is 0. The summed E-state index contributed by atoms with van der Waals surface area (Å²) in [6.45, 7) is 4.04. The molecule has 0 N–H and O–H groups in total. The van der Waals surface area contributed by atoms with E-state index >= 15 is 0 Å². The molecule has 1 aromatic heterocycles. The van der Waals surface area contributed by atoms with Gasteiger partial charge in [0.1, 0.15) is 5.75 Å². The summed E-state index contributed by atoms with van der Waals surface area (Å²) in [6, 6.07) is 11.1. The number of hydrogen-bond donors (Lipinski definition) is 0. The van der Waals surface area contributed by atoms with Crippen molar-refractivity contribution in [2.45, 2.75) is 26.5 Å². The van der Waals surface area contributed by atoms with Gasteiger partial charge in [-0.2, -0.15) is 8.78 Å². The van der Waals surface area contributed by atoms with Crippen LogP contribution in [-0.2, 0) is 6.54 Å². The summed E-state index contributed by atoms with van der Waals surface area (Å²) in [5.74, 6) is 0.203. The molecule has 2 aromatic rings. The van der Waals surface area contributed by atoms with Gasteiger partial charge in [0.05, 0.1) is 0 Å². The number of aromatic nitrogens is 1. The van der Waals surface area contributed by atoms with Crippen molar-refractivity contribution < 1.29 is 13.5 Å². The molecule has 0 atom stereocenters. The molecule has 0 bridgehead atoms. The number of pyridine rings is 1. The third-order valence-corrected chi connectivity index (χ3v) is 4.39. The van der Waals surface area contributed by atoms with Crippen molar-refractivity contribution >= 4 is 5.69 Å². The molecule has 0 unspecified atom stereocenters. The lowest BCUT2D eigenvalue weighted by atomic mass is 10.2. The second kappa shape index (κ2) is 8.25. The van der Waals surface area contributed by atoms with E-state index in [1.807, 2.05) is 25.3 Å². The van der Waals surface area contributed by atoms with Crippen molar-refractivity contribution in [3.05, 3.63) is 53.9 Å². The highest BCUT2D eigenvalue weighted by molar-refractivity contribution is 5.46. The minimum absolute atomic E-state index is 0.203. The van der Waals surface area contributed by atoms with Crippen molar-refractivity contribution in [2.24, 2.45) is 0 Å². The van der Waals surface area contributed by atoms with E-state index in [2.05, 4.69) is 31.7 Å². The number of hydrogen-bond acceptors (Lipinski definition) is 4. The van der Waals surface area contributed by atoms with E-state index in [0.717, 1.165) is 50.4 Å². The van der Waals surface area contributed by atoms with Gasteiger partial charge in [-0.1, -0.05) is 12.1 Å². The Bertz CT molecular complexity index is 679. The molecule has 2 heterocycles. The van der Waals surface area contributed by atoms with Crippen LogP contribution < -0.4 is 9.64 Å². The van der Waals surface area contributed by atoms with Crippen LogP contribution in [0.15, 0.2) is 42.6 Å². The Kier molecular flexibility index (Phi) is 5.81. The quantitative estimate of drug-likeness (QED) is 0.824. The van der Waals surface area contributed by atoms with Crippen LogP contribution in [-0.4, -0.2) is 42.7 Å². The van der Waals surface area contributed by atoms with Crippen LogP contribution in [0.2, 0.25) is 0 Å². The van der Waals surface area contributed by atoms with Crippen molar-refractivity contribution in [1.29, 1.82) is 0 Å². The van der Waals surface area contributed by atoms with Gasteiger partial charge < -0.3 is 9.64 Å². The van der Waals surface area contributed by atoms with Crippen LogP contribution in [0.1, 0.15) is 17.7 Å². The minimum Gasteiger partial charge on any atom is -0.435 e. The zero-order valence-electron chi connectivity index (χ0n) is 14.4. The van der Waals surface area contributed by atoms with Crippen LogP contribution in [0, 0.1) is 6.92 Å². The van der Waals surface area contributed by atoms with Crippen molar-refractivity contribution in [3.8, 4) is 5.75 Å². The summed E-state index contributed by atoms with van der Waals surface area (Å²) >= 11 is 0. The highest BCUT2D eigenvalue weighted by Crippen LogP contribution is 2.19. The number of benzene rings is 1. The monoisotopic (exact) mass is 347 g/mol. The Hall–Kier alpha value is -2.21. The van der Waals surface area contributed by atoms with E-state index in [9.17, 15) is 8.78 Å². The fraction of sp³-hybridized carbons (Fsp3) is 0.421. The molecule has 0 radical (unpaired) electrons. The normalized spacial score (nSPS) is 16.1. The largest absolute Gasteiger partial charge is 0.435 e. The highest BCUT2D eigenvalue weighted by atomic mass is 19.3. The molecule has 134 valence electrons. The van der Waals surface area contributed by atoms with Gasteiger partial charge in [-0.25, -0.2) is 0 Å². The van der Waals surface area contributed by atoms with Gasteiger partial charge in [0, 0.05) is 50.3 Å². The van der Waals surface area contributed by atoms with E-state index in [1.54, 1.807) is 12.1 Å². The molecule has 1 aliphatic heterocycles. The van der Waals surface area contributed by atoms with Gasteiger partial charge in [0.2, 0.25) is 0 Å². The van der Waals surface area contributed by atoms with Crippen molar-refractivity contribution in [3.63, 3.8) is 0 Å². The summed E-state index contributed by atoms with van der Waals surface area (Å²) in [6.07, 6.45) is 2.95. The SMILES string of the molecule is Cc1cc(N2CCCN(Cc3ccc(OC(F)F)cc3)CC2)ccn1. The van der Waals surface area contributed by atoms with Crippen LogP contribution >= 0.6 is 0 Å². The van der Waals surface area contributed by atoms with E-state index < -0.39 is 6.61 Å². The van der Waals surface area contributed by atoms with Crippen molar-refractivity contribution in [2.75, 3.05) is 31.1 Å². The standard InChI is InChI=1S/C19H23F2N3O/c1-15-13-17(7-8-22-15)24-10-2-9-23(11-12-24)14-16-3-5-18(6-4-16)25-19(20)21/h3-8,13,19H,2,9-12,14H2,1H3. The van der Waals surface area contributed by atoms with Gasteiger partial charge in [-0.3, -0.25) is 9.88 Å². The molecule has 0 spiro atoms. The maximum absolute atomic E-state index is 12.2. The van der Waals surface area contributed by atoms with Crippen LogP contribution in [0.5, 0.6) is 5.75 Å². The number of alkyl halides is 2. The lowest BCUT2D eigenvalue weighted by Gasteiger charge is -2.24. The average molecular weight is 347 g/mol. The van der Waals surface area contributed by atoms with Crippen LogP contribution in [0.4, 0.5) is 14.5 Å². The fourth-order valence-corrected chi connectivity index (χ4v) is 3.15. The lowest BCUT2D eigenvalue weighted by Crippen LogP contribution is -2.30. The molecule has 1 aromatic carbocycles. The molecule has 0 saturated carbocycles. The summed E-state index contributed by atoms with van der Waals surface area (Å²) in [5, 5.41) is 0. The molecule has 3 rings (SSSR count). The maximum Gasteiger partial charge on any atom is 0.387 e. The van der Waals surface area contributed by atoms with Gasteiger partial charge >= 0.3 is 6.61 Å². The molecule has 6 heteroatoms. The maximum atomic E-state index is 12.2. The Morgan fingerprint density at radius 2 is 1.88 bits per heavy atom. The number of ether oxygens (including phenoxy) is 1. The molecule has 0 aliphatic carbocycles. The third-order valence-electron chi connectivity index (χ3n) is 4.39.